The van der Waals surface area contributed by atoms with Crippen LogP contribution in [0.1, 0.15) is 29.5 Å². The molecular weight excluding hydrogens is 310 g/mol. The summed E-state index contributed by atoms with van der Waals surface area (Å²) in [6.07, 6.45) is 1.90. The Morgan fingerprint density at radius 3 is 2.17 bits per heavy atom. The third kappa shape index (κ3) is 3.93. The van der Waals surface area contributed by atoms with Crippen molar-refractivity contribution in [2.75, 3.05) is 13.2 Å². The maximum absolute atomic E-state index is 9.13. The van der Waals surface area contributed by atoms with E-state index in [0.29, 0.717) is 0 Å². The number of hydrogen-bond acceptors (Lipinski definition) is 3. The van der Waals surface area contributed by atoms with E-state index in [9.17, 15) is 0 Å². The van der Waals surface area contributed by atoms with Crippen LogP contribution in [0.15, 0.2) is 48.5 Å². The molecule has 1 aliphatic heterocycles. The fourth-order valence-electron chi connectivity index (χ4n) is 3.09. The van der Waals surface area contributed by atoms with Crippen molar-refractivity contribution in [2.24, 2.45) is 0 Å². The van der Waals surface area contributed by atoms with Gasteiger partial charge in [0.15, 0.2) is 0 Å². The molecule has 1 heterocycles. The van der Waals surface area contributed by atoms with Crippen LogP contribution in [0.5, 0.6) is 0 Å². The summed E-state index contributed by atoms with van der Waals surface area (Å²) < 4.78 is 5.56. The van der Waals surface area contributed by atoms with Crippen molar-refractivity contribution in [1.82, 2.24) is 5.32 Å². The van der Waals surface area contributed by atoms with Gasteiger partial charge in [-0.3, -0.25) is 0 Å². The van der Waals surface area contributed by atoms with Gasteiger partial charge in [0.25, 0.3) is 0 Å². The van der Waals surface area contributed by atoms with E-state index in [1.54, 1.807) is 0 Å². The molecule has 1 aliphatic rings. The molecule has 1 fully saturated rings. The lowest BCUT2D eigenvalue weighted by Crippen LogP contribution is -2.46. The fourth-order valence-corrected chi connectivity index (χ4v) is 3.22. The highest BCUT2D eigenvalue weighted by atomic mass is 35.5. The number of halogens is 1. The third-order valence-corrected chi connectivity index (χ3v) is 4.83. The van der Waals surface area contributed by atoms with Crippen LogP contribution in [0.25, 0.3) is 0 Å². The van der Waals surface area contributed by atoms with E-state index >= 15 is 0 Å². The number of aliphatic hydroxyl groups is 1. The monoisotopic (exact) mass is 331 g/mol. The van der Waals surface area contributed by atoms with Gasteiger partial charge in [-0.15, -0.1) is 0 Å². The first-order chi connectivity index (χ1) is 11.2. The summed E-state index contributed by atoms with van der Waals surface area (Å²) >= 11 is 6.03. The third-order valence-electron chi connectivity index (χ3n) is 4.58. The van der Waals surface area contributed by atoms with Crippen molar-refractivity contribution in [3.05, 3.63) is 70.2 Å². The molecule has 2 N–H and O–H groups in total. The van der Waals surface area contributed by atoms with Gasteiger partial charge in [0.2, 0.25) is 0 Å². The van der Waals surface area contributed by atoms with Crippen molar-refractivity contribution >= 4 is 11.6 Å². The molecule has 0 amide bonds. The zero-order valence-electron chi connectivity index (χ0n) is 13.1. The normalized spacial score (nSPS) is 17.1. The van der Waals surface area contributed by atoms with E-state index in [2.05, 4.69) is 29.6 Å². The Kier molecular flexibility index (Phi) is 5.34. The Bertz CT molecular complexity index is 619. The molecule has 23 heavy (non-hydrogen) atoms. The predicted molar refractivity (Wildman–Crippen MR) is 92.4 cm³/mol. The lowest BCUT2D eigenvalue weighted by molar-refractivity contribution is 0.0358. The number of ether oxygens (including phenoxy) is 1. The highest BCUT2D eigenvalue weighted by molar-refractivity contribution is 6.30. The molecule has 3 rings (SSSR count). The molecule has 122 valence electrons. The van der Waals surface area contributed by atoms with E-state index in [1.165, 1.54) is 11.1 Å². The molecule has 0 atom stereocenters. The largest absolute Gasteiger partial charge is 0.392 e. The van der Waals surface area contributed by atoms with Gasteiger partial charge < -0.3 is 15.2 Å². The molecule has 0 aromatic heterocycles. The lowest BCUT2D eigenvalue weighted by Gasteiger charge is -2.39. The van der Waals surface area contributed by atoms with E-state index in [4.69, 9.17) is 21.4 Å². The SMILES string of the molecule is OCc1ccc(CNC2(c3ccc(Cl)cc3)CCOCC2)cc1. The summed E-state index contributed by atoms with van der Waals surface area (Å²) in [5.74, 6) is 0. The molecule has 4 heteroatoms. The second-order valence-corrected chi connectivity index (χ2v) is 6.47. The smallest absolute Gasteiger partial charge is 0.0681 e. The standard InChI is InChI=1S/C19H22ClNO2/c20-18-7-5-17(6-8-18)19(9-11-23-12-10-19)21-13-15-1-3-16(14-22)4-2-15/h1-8,21-22H,9-14H2. The molecule has 2 aromatic carbocycles. The zero-order chi connectivity index (χ0) is 16.1. The number of nitrogens with one attached hydrogen (secondary N) is 1. The molecule has 0 aliphatic carbocycles. The van der Waals surface area contributed by atoms with Crippen molar-refractivity contribution in [2.45, 2.75) is 31.5 Å². The van der Waals surface area contributed by atoms with Crippen LogP contribution in [0.2, 0.25) is 5.02 Å². The summed E-state index contributed by atoms with van der Waals surface area (Å²) in [5.41, 5.74) is 3.34. The van der Waals surface area contributed by atoms with E-state index in [-0.39, 0.29) is 12.1 Å². The van der Waals surface area contributed by atoms with Crippen LogP contribution < -0.4 is 5.32 Å². The lowest BCUT2D eigenvalue weighted by atomic mass is 9.82. The Morgan fingerprint density at radius 1 is 0.957 bits per heavy atom. The summed E-state index contributed by atoms with van der Waals surface area (Å²) in [4.78, 5) is 0. The van der Waals surface area contributed by atoms with E-state index in [0.717, 1.165) is 43.2 Å². The van der Waals surface area contributed by atoms with Gasteiger partial charge in [-0.05, 0) is 41.7 Å². The highest BCUT2D eigenvalue weighted by Crippen LogP contribution is 2.33. The molecule has 3 nitrogen and oxygen atoms in total. The Labute approximate surface area is 142 Å². The highest BCUT2D eigenvalue weighted by Gasteiger charge is 2.33. The quantitative estimate of drug-likeness (QED) is 0.879. The van der Waals surface area contributed by atoms with Crippen molar-refractivity contribution < 1.29 is 9.84 Å². The van der Waals surface area contributed by atoms with Gasteiger partial charge in [0.1, 0.15) is 0 Å². The predicted octanol–water partition coefficient (Wildman–Crippen LogP) is 3.63. The van der Waals surface area contributed by atoms with Crippen LogP contribution in [0.4, 0.5) is 0 Å². The Hall–Kier alpha value is -1.39. The average Bonchev–Trinajstić information content (AvgIpc) is 2.62. The van der Waals surface area contributed by atoms with Gasteiger partial charge in [-0.25, -0.2) is 0 Å². The minimum Gasteiger partial charge on any atom is -0.392 e. The molecule has 0 bridgehead atoms. The van der Waals surface area contributed by atoms with Crippen LogP contribution in [-0.2, 0) is 23.4 Å². The minimum absolute atomic E-state index is 0.0709. The second kappa shape index (κ2) is 7.45. The van der Waals surface area contributed by atoms with Gasteiger partial charge >= 0.3 is 0 Å². The van der Waals surface area contributed by atoms with Crippen LogP contribution >= 0.6 is 11.6 Å². The molecular formula is C19H22ClNO2. The van der Waals surface area contributed by atoms with Crippen LogP contribution in [0.3, 0.4) is 0 Å². The summed E-state index contributed by atoms with van der Waals surface area (Å²) in [5, 5.41) is 13.6. The topological polar surface area (TPSA) is 41.5 Å². The average molecular weight is 332 g/mol. The first kappa shape index (κ1) is 16.5. The van der Waals surface area contributed by atoms with E-state index in [1.807, 2.05) is 24.3 Å². The van der Waals surface area contributed by atoms with Crippen molar-refractivity contribution in [3.63, 3.8) is 0 Å². The number of rotatable bonds is 5. The molecule has 0 spiro atoms. The molecule has 0 radical (unpaired) electrons. The second-order valence-electron chi connectivity index (χ2n) is 6.03. The van der Waals surface area contributed by atoms with Crippen LogP contribution in [0, 0.1) is 0 Å². The molecule has 0 saturated carbocycles. The fraction of sp³-hybridized carbons (Fsp3) is 0.368. The van der Waals surface area contributed by atoms with Gasteiger partial charge in [0, 0.05) is 30.3 Å². The Morgan fingerprint density at radius 2 is 1.57 bits per heavy atom. The maximum Gasteiger partial charge on any atom is 0.0681 e. The molecule has 0 unspecified atom stereocenters. The van der Waals surface area contributed by atoms with Crippen LogP contribution in [-0.4, -0.2) is 18.3 Å². The van der Waals surface area contributed by atoms with Gasteiger partial charge in [-0.2, -0.15) is 0 Å². The summed E-state index contributed by atoms with van der Waals surface area (Å²) in [6, 6.07) is 16.2. The van der Waals surface area contributed by atoms with Crippen molar-refractivity contribution in [3.8, 4) is 0 Å². The summed E-state index contributed by atoms with van der Waals surface area (Å²) in [6.45, 7) is 2.40. The maximum atomic E-state index is 9.13. The number of hydrogen-bond donors (Lipinski definition) is 2. The molecule has 2 aromatic rings. The summed E-state index contributed by atoms with van der Waals surface area (Å²) in [7, 11) is 0. The van der Waals surface area contributed by atoms with Gasteiger partial charge in [-0.1, -0.05) is 48.0 Å². The minimum atomic E-state index is -0.0709. The first-order valence-electron chi connectivity index (χ1n) is 7.99. The Balaban J connectivity index is 1.77. The zero-order valence-corrected chi connectivity index (χ0v) is 13.9. The van der Waals surface area contributed by atoms with E-state index < -0.39 is 0 Å². The van der Waals surface area contributed by atoms with Crippen molar-refractivity contribution in [1.29, 1.82) is 0 Å². The van der Waals surface area contributed by atoms with Gasteiger partial charge in [0.05, 0.1) is 6.61 Å². The number of aliphatic hydroxyl groups excluding tert-OH is 1. The number of benzene rings is 2. The molecule has 1 saturated heterocycles. The first-order valence-corrected chi connectivity index (χ1v) is 8.37.